The minimum absolute atomic E-state index is 0.0159. The van der Waals surface area contributed by atoms with Gasteiger partial charge in [0.25, 0.3) is 20.0 Å². The predicted molar refractivity (Wildman–Crippen MR) is 116 cm³/mol. The molecular weight excluding hydrogens is 448 g/mol. The molecule has 12 heteroatoms. The van der Waals surface area contributed by atoms with E-state index in [2.05, 4.69) is 9.62 Å². The maximum Gasteiger partial charge on any atom is 0.274 e. The number of rotatable bonds is 5. The molecule has 1 N–H and O–H groups in total. The van der Waals surface area contributed by atoms with Crippen molar-refractivity contribution < 1.29 is 21.6 Å². The van der Waals surface area contributed by atoms with E-state index in [4.69, 9.17) is 0 Å². The maximum atomic E-state index is 13.0. The lowest BCUT2D eigenvalue weighted by Crippen LogP contribution is -2.49. The minimum atomic E-state index is -3.81. The Bertz CT molecular complexity index is 1050. The molecule has 0 atom stereocenters. The number of hydrogen-bond acceptors (Lipinski definition) is 7. The number of carbonyl (C=O) groups excluding carboxylic acids is 1. The summed E-state index contributed by atoms with van der Waals surface area (Å²) in [5, 5.41) is 0. The van der Waals surface area contributed by atoms with Crippen molar-refractivity contribution in [3.63, 3.8) is 0 Å². The Hall–Kier alpha value is -1.47. The number of carbonyl (C=O) groups is 1. The van der Waals surface area contributed by atoms with E-state index in [-0.39, 0.29) is 20.9 Å². The minimum Gasteiger partial charge on any atom is -0.340 e. The summed E-state index contributed by atoms with van der Waals surface area (Å²) in [5.74, 6) is 0.0492. The number of amides is 1. The molecule has 0 aromatic carbocycles. The van der Waals surface area contributed by atoms with Gasteiger partial charge in [0, 0.05) is 63.5 Å². The number of fused-ring (bicyclic) bond motifs is 1. The lowest BCUT2D eigenvalue weighted by molar-refractivity contribution is -0.130. The lowest BCUT2D eigenvalue weighted by atomic mass is 10.1. The molecular formula is C18H28N4O5S3. The molecule has 0 radical (unpaired) electrons. The fraction of sp³-hybridized carbons (Fsp3) is 0.611. The normalized spacial score (nSPS) is 19.7. The van der Waals surface area contributed by atoms with Crippen LogP contribution >= 0.6 is 11.3 Å². The number of thiophene rings is 1. The van der Waals surface area contributed by atoms with Gasteiger partial charge in [-0.25, -0.2) is 21.6 Å². The SMILES string of the molecule is CC(=O)N1CCN(CCN2C=Cc3cc(S(=O)(=O)NC(C)(C)C)sc3S2(=O)=O)CC1. The fourth-order valence-corrected chi connectivity index (χ4v) is 8.27. The van der Waals surface area contributed by atoms with Crippen LogP contribution in [0.3, 0.4) is 0 Å². The van der Waals surface area contributed by atoms with E-state index in [9.17, 15) is 21.6 Å². The van der Waals surface area contributed by atoms with E-state index in [0.29, 0.717) is 38.3 Å². The molecule has 0 saturated carbocycles. The third-order valence-corrected chi connectivity index (χ3v) is 10.5. The smallest absolute Gasteiger partial charge is 0.274 e. The molecule has 3 heterocycles. The topological polar surface area (TPSA) is 107 Å². The van der Waals surface area contributed by atoms with Crippen molar-refractivity contribution >= 4 is 43.4 Å². The highest BCUT2D eigenvalue weighted by molar-refractivity contribution is 7.94. The van der Waals surface area contributed by atoms with E-state index in [1.165, 1.54) is 16.6 Å². The quantitative estimate of drug-likeness (QED) is 0.679. The Morgan fingerprint density at radius 2 is 1.80 bits per heavy atom. The Morgan fingerprint density at radius 3 is 2.37 bits per heavy atom. The fourth-order valence-electron chi connectivity index (χ4n) is 3.34. The molecule has 1 fully saturated rings. The number of sulfonamides is 2. The van der Waals surface area contributed by atoms with Gasteiger partial charge < -0.3 is 4.90 Å². The third kappa shape index (κ3) is 5.05. The van der Waals surface area contributed by atoms with Gasteiger partial charge >= 0.3 is 0 Å². The molecule has 9 nitrogen and oxygen atoms in total. The molecule has 0 aliphatic carbocycles. The second-order valence-electron chi connectivity index (χ2n) is 8.44. The first kappa shape index (κ1) is 23.2. The summed E-state index contributed by atoms with van der Waals surface area (Å²) >= 11 is 0.769. The highest BCUT2D eigenvalue weighted by atomic mass is 32.3. The first-order valence-corrected chi connectivity index (χ1v) is 13.4. The van der Waals surface area contributed by atoms with Crippen LogP contribution in [-0.4, -0.2) is 81.7 Å². The highest BCUT2D eigenvalue weighted by Gasteiger charge is 2.34. The van der Waals surface area contributed by atoms with Gasteiger partial charge in [-0.3, -0.25) is 14.0 Å². The second-order valence-corrected chi connectivity index (χ2v) is 13.5. The zero-order valence-corrected chi connectivity index (χ0v) is 20.0. The molecule has 2 aliphatic heterocycles. The van der Waals surface area contributed by atoms with Crippen LogP contribution in [0, 0.1) is 0 Å². The molecule has 1 aromatic heterocycles. The van der Waals surface area contributed by atoms with E-state index >= 15 is 0 Å². The van der Waals surface area contributed by atoms with Gasteiger partial charge in [0.05, 0.1) is 0 Å². The van der Waals surface area contributed by atoms with Gasteiger partial charge in [0.15, 0.2) is 0 Å². The van der Waals surface area contributed by atoms with E-state index in [1.807, 2.05) is 0 Å². The Morgan fingerprint density at radius 1 is 1.17 bits per heavy atom. The Labute approximate surface area is 182 Å². The standard InChI is InChI=1S/C18H28N4O5S3/c1-14(23)21-10-7-20(8-11-21)9-12-22-6-5-15-13-16(28-17(15)30(22,26)27)29(24,25)19-18(2,3)4/h5-6,13,19H,7-12H2,1-4H3. The Balaban J connectivity index is 1.70. The summed E-state index contributed by atoms with van der Waals surface area (Å²) < 4.78 is 55.1. The van der Waals surface area contributed by atoms with E-state index < -0.39 is 25.6 Å². The van der Waals surface area contributed by atoms with Crippen LogP contribution in [0.1, 0.15) is 33.3 Å². The average molecular weight is 477 g/mol. The van der Waals surface area contributed by atoms with Gasteiger partial charge in [-0.2, -0.15) is 0 Å². The van der Waals surface area contributed by atoms with Crippen LogP contribution in [0.2, 0.25) is 0 Å². The molecule has 0 unspecified atom stereocenters. The van der Waals surface area contributed by atoms with E-state index in [0.717, 1.165) is 11.3 Å². The third-order valence-electron chi connectivity index (χ3n) is 4.83. The Kier molecular flexibility index (Phi) is 6.36. The summed E-state index contributed by atoms with van der Waals surface area (Å²) in [6.45, 7) is 10.2. The number of piperazine rings is 1. The molecule has 1 aromatic rings. The molecule has 30 heavy (non-hydrogen) atoms. The first-order chi connectivity index (χ1) is 13.8. The number of hydrogen-bond donors (Lipinski definition) is 1. The molecule has 1 saturated heterocycles. The van der Waals surface area contributed by atoms with Crippen LogP contribution in [0.5, 0.6) is 0 Å². The second kappa shape index (κ2) is 8.23. The molecule has 1 amide bonds. The van der Waals surface area contributed by atoms with Gasteiger partial charge in [-0.15, -0.1) is 11.3 Å². The van der Waals surface area contributed by atoms with Crippen molar-refractivity contribution in [2.45, 2.75) is 41.7 Å². The first-order valence-electron chi connectivity index (χ1n) is 9.65. The van der Waals surface area contributed by atoms with Crippen LogP contribution in [-0.2, 0) is 24.8 Å². The molecule has 3 rings (SSSR count). The van der Waals surface area contributed by atoms with Gasteiger partial charge in [0.1, 0.15) is 8.42 Å². The largest absolute Gasteiger partial charge is 0.340 e. The molecule has 2 aliphatic rings. The summed E-state index contributed by atoms with van der Waals surface area (Å²) in [6, 6.07) is 1.40. The maximum absolute atomic E-state index is 13.0. The summed E-state index contributed by atoms with van der Waals surface area (Å²) in [4.78, 5) is 15.3. The highest BCUT2D eigenvalue weighted by Crippen LogP contribution is 2.36. The van der Waals surface area contributed by atoms with Crippen LogP contribution in [0.25, 0.3) is 6.08 Å². The van der Waals surface area contributed by atoms with Crippen molar-refractivity contribution in [2.24, 2.45) is 0 Å². The van der Waals surface area contributed by atoms with Gasteiger partial charge in [-0.05, 0) is 32.9 Å². The van der Waals surface area contributed by atoms with Crippen molar-refractivity contribution in [1.82, 2.24) is 18.8 Å². The zero-order chi connectivity index (χ0) is 22.3. The van der Waals surface area contributed by atoms with Crippen LogP contribution in [0.15, 0.2) is 20.7 Å². The predicted octanol–water partition coefficient (Wildman–Crippen LogP) is 0.964. The van der Waals surface area contributed by atoms with Crippen molar-refractivity contribution in [3.05, 3.63) is 17.8 Å². The number of nitrogens with zero attached hydrogens (tertiary/aromatic N) is 3. The number of nitrogens with one attached hydrogen (secondary N) is 1. The lowest BCUT2D eigenvalue weighted by Gasteiger charge is -2.35. The monoisotopic (exact) mass is 476 g/mol. The van der Waals surface area contributed by atoms with Crippen LogP contribution < -0.4 is 4.72 Å². The molecule has 0 spiro atoms. The van der Waals surface area contributed by atoms with Gasteiger partial charge in [-0.1, -0.05) is 0 Å². The summed E-state index contributed by atoms with van der Waals surface area (Å²) in [6.07, 6.45) is 3.13. The van der Waals surface area contributed by atoms with Crippen molar-refractivity contribution in [3.8, 4) is 0 Å². The van der Waals surface area contributed by atoms with Crippen molar-refractivity contribution in [2.75, 3.05) is 39.3 Å². The van der Waals surface area contributed by atoms with Gasteiger partial charge in [0.2, 0.25) is 5.91 Å². The van der Waals surface area contributed by atoms with Crippen LogP contribution in [0.4, 0.5) is 0 Å². The van der Waals surface area contributed by atoms with E-state index in [1.54, 1.807) is 38.7 Å². The molecule has 0 bridgehead atoms. The summed E-state index contributed by atoms with van der Waals surface area (Å²) in [5.41, 5.74) is -0.281. The summed E-state index contributed by atoms with van der Waals surface area (Å²) in [7, 11) is -7.62. The zero-order valence-electron chi connectivity index (χ0n) is 17.6. The molecule has 168 valence electrons. The van der Waals surface area contributed by atoms with Crippen molar-refractivity contribution in [1.29, 1.82) is 0 Å². The average Bonchev–Trinajstić information content (AvgIpc) is 3.06.